The number of methoxy groups -OCH3 is 1. The summed E-state index contributed by atoms with van der Waals surface area (Å²) in [5.74, 6) is 1.31. The lowest BCUT2D eigenvalue weighted by Gasteiger charge is -2.36. The second-order valence-electron chi connectivity index (χ2n) is 6.98. The lowest BCUT2D eigenvalue weighted by Crippen LogP contribution is -2.43. The maximum Gasteiger partial charge on any atom is 0.142 e. The molecular weight excluding hydrogens is 238 g/mol. The third-order valence-electron chi connectivity index (χ3n) is 4.11. The maximum atomic E-state index is 12.5. The van der Waals surface area contributed by atoms with Gasteiger partial charge < -0.3 is 9.64 Å². The fraction of sp³-hybridized carbons (Fsp3) is 0.938. The van der Waals surface area contributed by atoms with E-state index in [9.17, 15) is 4.79 Å². The zero-order chi connectivity index (χ0) is 14.5. The van der Waals surface area contributed by atoms with E-state index in [4.69, 9.17) is 4.74 Å². The van der Waals surface area contributed by atoms with Crippen molar-refractivity contribution in [1.29, 1.82) is 0 Å². The molecule has 1 aliphatic carbocycles. The van der Waals surface area contributed by atoms with E-state index in [1.165, 1.54) is 6.42 Å². The van der Waals surface area contributed by atoms with Crippen LogP contribution in [0.2, 0.25) is 0 Å². The predicted octanol–water partition coefficient (Wildman–Crippen LogP) is 2.99. The number of Topliss-reactive ketones (excluding diaryl/α,β-unsaturated/α-hetero) is 1. The van der Waals surface area contributed by atoms with Gasteiger partial charge in [-0.15, -0.1) is 0 Å². The minimum Gasteiger partial charge on any atom is -0.383 e. The minimum atomic E-state index is -0.117. The molecule has 0 bridgehead atoms. The number of nitrogens with zero attached hydrogens (tertiary/aromatic N) is 1. The van der Waals surface area contributed by atoms with Gasteiger partial charge in [0, 0.05) is 38.1 Å². The van der Waals surface area contributed by atoms with Crippen LogP contribution in [0.15, 0.2) is 0 Å². The molecule has 0 aromatic carbocycles. The van der Waals surface area contributed by atoms with Gasteiger partial charge in [0.1, 0.15) is 5.78 Å². The molecule has 1 aliphatic rings. The van der Waals surface area contributed by atoms with Gasteiger partial charge in [0.15, 0.2) is 0 Å². The van der Waals surface area contributed by atoms with Crippen LogP contribution in [-0.4, -0.2) is 44.0 Å². The first-order valence-electron chi connectivity index (χ1n) is 7.62. The van der Waals surface area contributed by atoms with Crippen molar-refractivity contribution in [2.24, 2.45) is 17.3 Å². The summed E-state index contributed by atoms with van der Waals surface area (Å²) >= 11 is 0. The zero-order valence-electron chi connectivity index (χ0n) is 13.4. The van der Waals surface area contributed by atoms with Crippen molar-refractivity contribution in [3.8, 4) is 0 Å². The van der Waals surface area contributed by atoms with Crippen molar-refractivity contribution in [1.82, 2.24) is 4.90 Å². The molecule has 19 heavy (non-hydrogen) atoms. The van der Waals surface area contributed by atoms with E-state index in [2.05, 4.69) is 32.6 Å². The number of ether oxygens (including phenoxy) is 1. The van der Waals surface area contributed by atoms with Gasteiger partial charge in [-0.1, -0.05) is 34.1 Å². The molecule has 112 valence electrons. The lowest BCUT2D eigenvalue weighted by molar-refractivity contribution is -0.135. The van der Waals surface area contributed by atoms with Gasteiger partial charge in [-0.3, -0.25) is 4.79 Å². The Morgan fingerprint density at radius 3 is 2.68 bits per heavy atom. The Hall–Kier alpha value is -0.410. The maximum absolute atomic E-state index is 12.5. The highest BCUT2D eigenvalue weighted by Crippen LogP contribution is 2.35. The topological polar surface area (TPSA) is 29.5 Å². The average molecular weight is 269 g/mol. The predicted molar refractivity (Wildman–Crippen MR) is 79.3 cm³/mol. The summed E-state index contributed by atoms with van der Waals surface area (Å²) in [5, 5.41) is 0. The SMILES string of the molecule is COCCN(CC(C)C)CC1CCCC(C)(C)C1=O. The summed E-state index contributed by atoms with van der Waals surface area (Å²) in [6, 6.07) is 0. The number of carbonyl (C=O) groups excluding carboxylic acids is 1. The first kappa shape index (κ1) is 16.6. The molecule has 0 amide bonds. The number of hydrogen-bond acceptors (Lipinski definition) is 3. The average Bonchev–Trinajstić information content (AvgIpc) is 2.31. The molecule has 3 nitrogen and oxygen atoms in total. The van der Waals surface area contributed by atoms with Crippen molar-refractivity contribution in [2.45, 2.75) is 47.0 Å². The Morgan fingerprint density at radius 2 is 2.11 bits per heavy atom. The molecule has 0 heterocycles. The van der Waals surface area contributed by atoms with Crippen LogP contribution >= 0.6 is 0 Å². The number of rotatable bonds is 7. The monoisotopic (exact) mass is 269 g/mol. The molecule has 1 saturated carbocycles. The summed E-state index contributed by atoms with van der Waals surface area (Å²) < 4.78 is 5.18. The molecule has 0 aliphatic heterocycles. The van der Waals surface area contributed by atoms with Crippen molar-refractivity contribution in [3.05, 3.63) is 0 Å². The summed E-state index contributed by atoms with van der Waals surface area (Å²) in [6.45, 7) is 12.3. The van der Waals surface area contributed by atoms with E-state index in [1.54, 1.807) is 7.11 Å². The highest BCUT2D eigenvalue weighted by atomic mass is 16.5. The van der Waals surface area contributed by atoms with Gasteiger partial charge in [0.2, 0.25) is 0 Å². The molecule has 0 N–H and O–H groups in total. The standard InChI is InChI=1S/C16H31NO2/c1-13(2)11-17(9-10-19-5)12-14-7-6-8-16(3,4)15(14)18/h13-14H,6-12H2,1-5H3. The molecule has 1 unspecified atom stereocenters. The van der Waals surface area contributed by atoms with E-state index in [0.29, 0.717) is 11.7 Å². The van der Waals surface area contributed by atoms with E-state index < -0.39 is 0 Å². The highest BCUT2D eigenvalue weighted by Gasteiger charge is 2.37. The Morgan fingerprint density at radius 1 is 1.42 bits per heavy atom. The number of carbonyl (C=O) groups is 1. The van der Waals surface area contributed by atoms with Crippen molar-refractivity contribution in [2.75, 3.05) is 33.4 Å². The molecule has 0 saturated heterocycles. The molecular formula is C16H31NO2. The first-order valence-corrected chi connectivity index (χ1v) is 7.62. The molecule has 0 radical (unpaired) electrons. The van der Waals surface area contributed by atoms with Gasteiger partial charge >= 0.3 is 0 Å². The molecule has 1 rings (SSSR count). The van der Waals surface area contributed by atoms with E-state index in [-0.39, 0.29) is 11.3 Å². The van der Waals surface area contributed by atoms with Crippen molar-refractivity contribution in [3.63, 3.8) is 0 Å². The van der Waals surface area contributed by atoms with Crippen LogP contribution in [-0.2, 0) is 9.53 Å². The van der Waals surface area contributed by atoms with E-state index in [0.717, 1.165) is 39.1 Å². The largest absolute Gasteiger partial charge is 0.383 e. The Kier molecular flexibility index (Phi) is 6.48. The second-order valence-corrected chi connectivity index (χ2v) is 6.98. The van der Waals surface area contributed by atoms with Crippen LogP contribution in [0, 0.1) is 17.3 Å². The summed E-state index contributed by atoms with van der Waals surface area (Å²) in [7, 11) is 1.74. The van der Waals surface area contributed by atoms with Crippen LogP contribution < -0.4 is 0 Å². The van der Waals surface area contributed by atoms with Crippen LogP contribution in [0.25, 0.3) is 0 Å². The summed E-state index contributed by atoms with van der Waals surface area (Å²) in [4.78, 5) is 14.9. The van der Waals surface area contributed by atoms with Crippen molar-refractivity contribution < 1.29 is 9.53 Å². The smallest absolute Gasteiger partial charge is 0.142 e. The van der Waals surface area contributed by atoms with Crippen LogP contribution in [0.3, 0.4) is 0 Å². The first-order chi connectivity index (χ1) is 8.86. The van der Waals surface area contributed by atoms with Gasteiger partial charge in [-0.2, -0.15) is 0 Å². The normalized spacial score (nSPS) is 23.3. The molecule has 0 aromatic heterocycles. The van der Waals surface area contributed by atoms with Gasteiger partial charge in [0.05, 0.1) is 6.61 Å². The fourth-order valence-electron chi connectivity index (χ4n) is 3.08. The molecule has 3 heteroatoms. The fourth-order valence-corrected chi connectivity index (χ4v) is 3.08. The molecule has 1 fully saturated rings. The molecule has 0 aromatic rings. The van der Waals surface area contributed by atoms with Crippen molar-refractivity contribution >= 4 is 5.78 Å². The van der Waals surface area contributed by atoms with E-state index in [1.807, 2.05) is 0 Å². The Labute approximate surface area is 118 Å². The lowest BCUT2D eigenvalue weighted by atomic mass is 9.71. The number of ketones is 1. The van der Waals surface area contributed by atoms with Gasteiger partial charge in [-0.25, -0.2) is 0 Å². The minimum absolute atomic E-state index is 0.117. The molecule has 0 spiro atoms. The quantitative estimate of drug-likeness (QED) is 0.711. The highest BCUT2D eigenvalue weighted by molar-refractivity contribution is 5.87. The van der Waals surface area contributed by atoms with E-state index >= 15 is 0 Å². The Balaban J connectivity index is 2.59. The summed E-state index contributed by atoms with van der Waals surface area (Å²) in [5.41, 5.74) is -0.117. The van der Waals surface area contributed by atoms with Gasteiger partial charge in [-0.05, 0) is 18.8 Å². The zero-order valence-corrected chi connectivity index (χ0v) is 13.4. The molecule has 1 atom stereocenters. The number of hydrogen-bond donors (Lipinski definition) is 0. The van der Waals surface area contributed by atoms with Crippen LogP contribution in [0.5, 0.6) is 0 Å². The third-order valence-corrected chi connectivity index (χ3v) is 4.11. The Bertz CT molecular complexity index is 286. The van der Waals surface area contributed by atoms with Crippen LogP contribution in [0.4, 0.5) is 0 Å². The second kappa shape index (κ2) is 7.39. The van der Waals surface area contributed by atoms with Crippen LogP contribution in [0.1, 0.15) is 47.0 Å². The summed E-state index contributed by atoms with van der Waals surface area (Å²) in [6.07, 6.45) is 3.29. The third kappa shape index (κ3) is 5.23. The van der Waals surface area contributed by atoms with Gasteiger partial charge in [0.25, 0.3) is 0 Å².